The Hall–Kier alpha value is -4.68. The molecular formula is C33H37FN4O7. The number of hydrogen-bond acceptors (Lipinski definition) is 7. The molecule has 0 aromatic heterocycles. The third kappa shape index (κ3) is 8.70. The molecule has 3 aromatic carbocycles. The molecule has 12 heteroatoms. The molecule has 0 radical (unpaired) electrons. The Morgan fingerprint density at radius 1 is 1.02 bits per heavy atom. The normalized spacial score (nSPS) is 19.0. The molecule has 2 atom stereocenters. The summed E-state index contributed by atoms with van der Waals surface area (Å²) in [7, 11) is 1.57. The number of amides is 4. The molecule has 3 aromatic rings. The smallest absolute Gasteiger partial charge is 0.315 e. The lowest BCUT2D eigenvalue weighted by molar-refractivity contribution is -0.0235. The molecule has 1 saturated heterocycles. The molecule has 0 aliphatic carbocycles. The minimum Gasteiger partial charge on any atom is -0.491 e. The number of nitrogens with zero attached hydrogens (tertiary/aromatic N) is 1. The number of nitrogens with one attached hydrogen (secondary N) is 3. The van der Waals surface area contributed by atoms with Crippen molar-refractivity contribution in [1.82, 2.24) is 20.9 Å². The number of rotatable bonds is 5. The molecule has 11 nitrogen and oxygen atoms in total. The average molecular weight is 621 g/mol. The molecule has 1 fully saturated rings. The van der Waals surface area contributed by atoms with Crippen molar-refractivity contribution in [3.8, 4) is 17.2 Å². The Kier molecular flexibility index (Phi) is 10.5. The van der Waals surface area contributed by atoms with Gasteiger partial charge >= 0.3 is 6.03 Å². The summed E-state index contributed by atoms with van der Waals surface area (Å²) in [6.45, 7) is 3.49. The van der Waals surface area contributed by atoms with Gasteiger partial charge in [0.1, 0.15) is 29.7 Å². The topological polar surface area (TPSA) is 127 Å². The first-order chi connectivity index (χ1) is 21.8. The summed E-state index contributed by atoms with van der Waals surface area (Å²) < 4.78 is 37.3. The summed E-state index contributed by atoms with van der Waals surface area (Å²) >= 11 is 0. The number of urea groups is 1. The standard InChI is InChI=1S/C33H37FN4O7/c1-21-12-24(15-25(34)13-21)32(40)38-9-6-29-30(19-38)44-20-22-4-3-5-26(14-22)45-28-17-23(16-27(18-28)43-11-10-42-2)31(39)35-7-8-36-33(41)37-29/h3-5,12-18,29-30H,6-11,19-20H2,1-2H3,(H,35,39)(H2,36,37,41)/t29-,30-/m0/s1. The van der Waals surface area contributed by atoms with Crippen molar-refractivity contribution in [3.05, 3.63) is 88.7 Å². The number of piperidine rings is 1. The van der Waals surface area contributed by atoms with E-state index in [1.807, 2.05) is 18.2 Å². The predicted octanol–water partition coefficient (Wildman–Crippen LogP) is 3.79. The Bertz CT molecular complexity index is 1510. The van der Waals surface area contributed by atoms with Crippen LogP contribution < -0.4 is 25.4 Å². The van der Waals surface area contributed by atoms with E-state index in [9.17, 15) is 18.8 Å². The van der Waals surface area contributed by atoms with Gasteiger partial charge in [-0.15, -0.1) is 0 Å². The lowest BCUT2D eigenvalue weighted by Gasteiger charge is -2.38. The number of benzene rings is 3. The van der Waals surface area contributed by atoms with Crippen molar-refractivity contribution in [2.24, 2.45) is 0 Å². The van der Waals surface area contributed by atoms with E-state index in [0.717, 1.165) is 5.56 Å². The van der Waals surface area contributed by atoms with Crippen LogP contribution in [0.15, 0.2) is 60.7 Å². The fraction of sp³-hybridized carbons (Fsp3) is 0.364. The van der Waals surface area contributed by atoms with Crippen LogP contribution in [0.1, 0.15) is 38.3 Å². The van der Waals surface area contributed by atoms with Gasteiger partial charge in [-0.25, -0.2) is 9.18 Å². The van der Waals surface area contributed by atoms with Gasteiger partial charge in [-0.2, -0.15) is 0 Å². The van der Waals surface area contributed by atoms with E-state index in [1.54, 1.807) is 49.3 Å². The first-order valence-corrected chi connectivity index (χ1v) is 14.8. The van der Waals surface area contributed by atoms with E-state index in [1.165, 1.54) is 12.1 Å². The highest BCUT2D eigenvalue weighted by Gasteiger charge is 2.34. The van der Waals surface area contributed by atoms with Crippen LogP contribution in [0.25, 0.3) is 0 Å². The van der Waals surface area contributed by atoms with Crippen LogP contribution >= 0.6 is 0 Å². The van der Waals surface area contributed by atoms with Gasteiger partial charge in [0.05, 0.1) is 25.4 Å². The fourth-order valence-electron chi connectivity index (χ4n) is 5.28. The van der Waals surface area contributed by atoms with E-state index >= 15 is 0 Å². The van der Waals surface area contributed by atoms with Gasteiger partial charge < -0.3 is 39.8 Å². The fourth-order valence-corrected chi connectivity index (χ4v) is 5.28. The van der Waals surface area contributed by atoms with Crippen LogP contribution in [0.3, 0.4) is 0 Å². The number of halogens is 1. The van der Waals surface area contributed by atoms with Crippen LogP contribution in [0.4, 0.5) is 9.18 Å². The number of likely N-dealkylation sites (tertiary alicyclic amines) is 1. The van der Waals surface area contributed by atoms with Gasteiger partial charge in [0.25, 0.3) is 11.8 Å². The molecule has 0 spiro atoms. The van der Waals surface area contributed by atoms with E-state index in [4.69, 9.17) is 18.9 Å². The minimum absolute atomic E-state index is 0.177. The van der Waals surface area contributed by atoms with Gasteiger partial charge in [0, 0.05) is 50.5 Å². The molecule has 238 valence electrons. The number of hydrogen-bond donors (Lipinski definition) is 3. The van der Waals surface area contributed by atoms with Crippen LogP contribution in [-0.2, 0) is 16.1 Å². The van der Waals surface area contributed by atoms with E-state index in [2.05, 4.69) is 16.0 Å². The second-order valence-electron chi connectivity index (χ2n) is 11.0. The molecule has 0 saturated carbocycles. The summed E-state index contributed by atoms with van der Waals surface area (Å²) in [5.74, 6) is 0.237. The molecule has 4 bridgehead atoms. The Morgan fingerprint density at radius 2 is 1.87 bits per heavy atom. The van der Waals surface area contributed by atoms with Gasteiger partial charge in [0.15, 0.2) is 0 Å². The Morgan fingerprint density at radius 3 is 2.69 bits per heavy atom. The molecular weight excluding hydrogens is 583 g/mol. The van der Waals surface area contributed by atoms with Gasteiger partial charge in [-0.05, 0) is 66.9 Å². The maximum absolute atomic E-state index is 14.1. The lowest BCUT2D eigenvalue weighted by atomic mass is 10.00. The van der Waals surface area contributed by atoms with Crippen molar-refractivity contribution < 1.29 is 37.7 Å². The highest BCUT2D eigenvalue weighted by atomic mass is 19.1. The van der Waals surface area contributed by atoms with E-state index in [0.29, 0.717) is 54.6 Å². The second-order valence-corrected chi connectivity index (χ2v) is 11.0. The molecule has 2 heterocycles. The third-order valence-electron chi connectivity index (χ3n) is 7.44. The zero-order valence-corrected chi connectivity index (χ0v) is 25.3. The minimum atomic E-state index is -0.547. The molecule has 0 unspecified atom stereocenters. The van der Waals surface area contributed by atoms with E-state index < -0.39 is 24.0 Å². The number of methoxy groups -OCH3 is 1. The highest BCUT2D eigenvalue weighted by Crippen LogP contribution is 2.29. The quantitative estimate of drug-likeness (QED) is 0.371. The third-order valence-corrected chi connectivity index (χ3v) is 7.44. The second kappa shape index (κ2) is 14.9. The van der Waals surface area contributed by atoms with Gasteiger partial charge in [-0.1, -0.05) is 12.1 Å². The lowest BCUT2D eigenvalue weighted by Crippen LogP contribution is -2.58. The van der Waals surface area contributed by atoms with Crippen LogP contribution in [0.2, 0.25) is 0 Å². The maximum Gasteiger partial charge on any atom is 0.315 e. The molecule has 2 aliphatic rings. The first kappa shape index (κ1) is 31.7. The van der Waals surface area contributed by atoms with Gasteiger partial charge in [-0.3, -0.25) is 9.59 Å². The predicted molar refractivity (Wildman–Crippen MR) is 163 cm³/mol. The zero-order valence-electron chi connectivity index (χ0n) is 25.3. The van der Waals surface area contributed by atoms with Crippen molar-refractivity contribution in [3.63, 3.8) is 0 Å². The Labute approximate surface area is 261 Å². The van der Waals surface area contributed by atoms with Crippen molar-refractivity contribution in [2.75, 3.05) is 46.5 Å². The van der Waals surface area contributed by atoms with E-state index in [-0.39, 0.29) is 43.6 Å². The number of carbonyl (C=O) groups excluding carboxylic acids is 3. The first-order valence-electron chi connectivity index (χ1n) is 14.8. The zero-order chi connectivity index (χ0) is 31.8. The number of carbonyl (C=O) groups is 3. The molecule has 5 rings (SSSR count). The SMILES string of the molecule is COCCOc1cc2cc(c1)C(=O)NCCNC(=O)N[C@H]1CCN(C(=O)c3cc(C)cc(F)c3)C[C@@H]1OCc1cccc(c1)O2. The average Bonchev–Trinajstić information content (AvgIpc) is 3.01. The number of ether oxygens (including phenoxy) is 4. The summed E-state index contributed by atoms with van der Waals surface area (Å²) in [6, 6.07) is 15.7. The summed E-state index contributed by atoms with van der Waals surface area (Å²) in [6.07, 6.45) is -0.115. The van der Waals surface area contributed by atoms with Gasteiger partial charge in [0.2, 0.25) is 0 Å². The van der Waals surface area contributed by atoms with Crippen LogP contribution in [0.5, 0.6) is 17.2 Å². The van der Waals surface area contributed by atoms with Crippen LogP contribution in [-0.4, -0.2) is 81.4 Å². The molecule has 2 aliphatic heterocycles. The molecule has 4 amide bonds. The maximum atomic E-state index is 14.1. The number of aryl methyl sites for hydroxylation is 1. The largest absolute Gasteiger partial charge is 0.491 e. The number of fused-ring (bicyclic) bond motifs is 5. The Balaban J connectivity index is 1.37. The summed E-state index contributed by atoms with van der Waals surface area (Å²) in [5, 5.41) is 8.52. The van der Waals surface area contributed by atoms with Crippen LogP contribution in [0, 0.1) is 12.7 Å². The molecule has 45 heavy (non-hydrogen) atoms. The van der Waals surface area contributed by atoms with Crippen molar-refractivity contribution in [2.45, 2.75) is 32.1 Å². The van der Waals surface area contributed by atoms with Crippen molar-refractivity contribution >= 4 is 17.8 Å². The highest BCUT2D eigenvalue weighted by molar-refractivity contribution is 5.95. The monoisotopic (exact) mass is 620 g/mol. The van der Waals surface area contributed by atoms with Crippen molar-refractivity contribution in [1.29, 1.82) is 0 Å². The summed E-state index contributed by atoms with van der Waals surface area (Å²) in [4.78, 5) is 40.7. The summed E-state index contributed by atoms with van der Waals surface area (Å²) in [5.41, 5.74) is 2.05. The molecule has 3 N–H and O–H groups in total.